The predicted octanol–water partition coefficient (Wildman–Crippen LogP) is 1.37. The lowest BCUT2D eigenvalue weighted by Crippen LogP contribution is -2.30. The van der Waals surface area contributed by atoms with E-state index in [1.165, 1.54) is 0 Å². The van der Waals surface area contributed by atoms with Crippen LogP contribution in [0.25, 0.3) is 0 Å². The van der Waals surface area contributed by atoms with Crippen molar-refractivity contribution >= 4 is 11.9 Å². The van der Waals surface area contributed by atoms with Crippen LogP contribution in [0.15, 0.2) is 10.6 Å². The van der Waals surface area contributed by atoms with Crippen LogP contribution in [0.5, 0.6) is 5.88 Å². The van der Waals surface area contributed by atoms with Gasteiger partial charge in [-0.05, 0) is 30.8 Å². The van der Waals surface area contributed by atoms with Crippen molar-refractivity contribution in [1.82, 2.24) is 10.5 Å². The first-order valence-corrected chi connectivity index (χ1v) is 6.52. The SMILES string of the molecule is Cc1cc(OCC(=O)NCCC(C)CCC(=O)O)no1. The van der Waals surface area contributed by atoms with Crippen molar-refractivity contribution in [2.45, 2.75) is 33.1 Å². The van der Waals surface area contributed by atoms with E-state index >= 15 is 0 Å². The largest absolute Gasteiger partial charge is 0.481 e. The predicted molar refractivity (Wildman–Crippen MR) is 70.4 cm³/mol. The fraction of sp³-hybridized carbons (Fsp3) is 0.615. The molecule has 0 spiro atoms. The van der Waals surface area contributed by atoms with E-state index in [-0.39, 0.29) is 30.7 Å². The van der Waals surface area contributed by atoms with E-state index in [9.17, 15) is 9.59 Å². The fourth-order valence-electron chi connectivity index (χ4n) is 1.57. The van der Waals surface area contributed by atoms with Gasteiger partial charge in [-0.1, -0.05) is 6.92 Å². The molecule has 1 atom stereocenters. The Hall–Kier alpha value is -2.05. The normalized spacial score (nSPS) is 11.9. The topological polar surface area (TPSA) is 102 Å². The number of carboxylic acid groups (broad SMARTS) is 1. The summed E-state index contributed by atoms with van der Waals surface area (Å²) >= 11 is 0. The highest BCUT2D eigenvalue weighted by Crippen LogP contribution is 2.10. The third-order valence-corrected chi connectivity index (χ3v) is 2.77. The Bertz CT molecular complexity index is 444. The van der Waals surface area contributed by atoms with Gasteiger partial charge in [-0.2, -0.15) is 0 Å². The van der Waals surface area contributed by atoms with Gasteiger partial charge in [-0.3, -0.25) is 9.59 Å². The zero-order valence-corrected chi connectivity index (χ0v) is 11.7. The Labute approximate surface area is 117 Å². The first kappa shape index (κ1) is 16.0. The molecule has 112 valence electrons. The number of carbonyl (C=O) groups excluding carboxylic acids is 1. The Morgan fingerprint density at radius 2 is 2.25 bits per heavy atom. The Morgan fingerprint density at radius 1 is 1.50 bits per heavy atom. The summed E-state index contributed by atoms with van der Waals surface area (Å²) in [7, 11) is 0. The highest BCUT2D eigenvalue weighted by Gasteiger charge is 2.08. The summed E-state index contributed by atoms with van der Waals surface area (Å²) in [6.45, 7) is 4.08. The molecule has 1 amide bonds. The number of carboxylic acids is 1. The molecule has 0 aliphatic carbocycles. The molecule has 20 heavy (non-hydrogen) atoms. The fourth-order valence-corrected chi connectivity index (χ4v) is 1.57. The van der Waals surface area contributed by atoms with Gasteiger partial charge in [-0.25, -0.2) is 0 Å². The van der Waals surface area contributed by atoms with Crippen LogP contribution < -0.4 is 10.1 Å². The quantitative estimate of drug-likeness (QED) is 0.710. The summed E-state index contributed by atoms with van der Waals surface area (Å²) in [6, 6.07) is 1.60. The van der Waals surface area contributed by atoms with E-state index in [0.717, 1.165) is 6.42 Å². The summed E-state index contributed by atoms with van der Waals surface area (Å²) in [6.07, 6.45) is 1.51. The molecule has 0 aromatic carbocycles. The molecule has 7 heteroatoms. The lowest BCUT2D eigenvalue weighted by molar-refractivity contribution is -0.137. The van der Waals surface area contributed by atoms with E-state index in [2.05, 4.69) is 10.5 Å². The van der Waals surface area contributed by atoms with Gasteiger partial charge >= 0.3 is 5.97 Å². The van der Waals surface area contributed by atoms with Gasteiger partial charge in [0.2, 0.25) is 0 Å². The number of nitrogens with zero attached hydrogens (tertiary/aromatic N) is 1. The van der Waals surface area contributed by atoms with Gasteiger partial charge in [0.25, 0.3) is 11.8 Å². The minimum atomic E-state index is -0.794. The summed E-state index contributed by atoms with van der Waals surface area (Å²) in [4.78, 5) is 21.9. The van der Waals surface area contributed by atoms with E-state index in [4.69, 9.17) is 14.4 Å². The third-order valence-electron chi connectivity index (χ3n) is 2.77. The van der Waals surface area contributed by atoms with Crippen LogP contribution in [0.3, 0.4) is 0 Å². The summed E-state index contributed by atoms with van der Waals surface area (Å²) in [5.74, 6) is 0.124. The minimum Gasteiger partial charge on any atom is -0.481 e. The second-order valence-corrected chi connectivity index (χ2v) is 4.74. The van der Waals surface area contributed by atoms with Crippen LogP contribution in [0, 0.1) is 12.8 Å². The van der Waals surface area contributed by atoms with Crippen molar-refractivity contribution in [3.8, 4) is 5.88 Å². The number of amides is 1. The molecule has 1 aromatic rings. The van der Waals surface area contributed by atoms with Crippen LogP contribution in [0.2, 0.25) is 0 Å². The Balaban J connectivity index is 2.09. The number of carbonyl (C=O) groups is 2. The molecular formula is C13H20N2O5. The summed E-state index contributed by atoms with van der Waals surface area (Å²) in [5, 5.41) is 14.9. The average molecular weight is 284 g/mol. The Morgan fingerprint density at radius 3 is 2.85 bits per heavy atom. The zero-order chi connectivity index (χ0) is 15.0. The molecule has 1 unspecified atom stereocenters. The van der Waals surface area contributed by atoms with E-state index < -0.39 is 5.97 Å². The molecule has 0 radical (unpaired) electrons. The number of rotatable bonds is 9. The number of hydrogen-bond acceptors (Lipinski definition) is 5. The van der Waals surface area contributed by atoms with Crippen LogP contribution >= 0.6 is 0 Å². The lowest BCUT2D eigenvalue weighted by atomic mass is 10.0. The van der Waals surface area contributed by atoms with Crippen LogP contribution in [0.4, 0.5) is 0 Å². The highest BCUT2D eigenvalue weighted by atomic mass is 16.5. The molecule has 0 bridgehead atoms. The molecule has 7 nitrogen and oxygen atoms in total. The van der Waals surface area contributed by atoms with Crippen molar-refractivity contribution in [3.05, 3.63) is 11.8 Å². The molecule has 0 aliphatic heterocycles. The van der Waals surface area contributed by atoms with Crippen molar-refractivity contribution in [3.63, 3.8) is 0 Å². The molecule has 0 fully saturated rings. The van der Waals surface area contributed by atoms with Gasteiger partial charge in [-0.15, -0.1) is 0 Å². The maximum Gasteiger partial charge on any atom is 0.303 e. The van der Waals surface area contributed by atoms with Gasteiger partial charge < -0.3 is 19.7 Å². The van der Waals surface area contributed by atoms with Gasteiger partial charge in [0.1, 0.15) is 5.76 Å². The molecular weight excluding hydrogens is 264 g/mol. The van der Waals surface area contributed by atoms with E-state index in [1.54, 1.807) is 13.0 Å². The Kier molecular flexibility index (Phi) is 6.55. The third kappa shape index (κ3) is 6.77. The molecule has 1 aromatic heterocycles. The average Bonchev–Trinajstić information content (AvgIpc) is 2.80. The minimum absolute atomic E-state index is 0.116. The molecule has 1 heterocycles. The second-order valence-electron chi connectivity index (χ2n) is 4.74. The van der Waals surface area contributed by atoms with Gasteiger partial charge in [0, 0.05) is 19.0 Å². The maximum absolute atomic E-state index is 11.5. The summed E-state index contributed by atoms with van der Waals surface area (Å²) < 4.78 is 9.93. The number of aliphatic carboxylic acids is 1. The maximum atomic E-state index is 11.5. The molecule has 2 N–H and O–H groups in total. The second kappa shape index (κ2) is 8.19. The van der Waals surface area contributed by atoms with Crippen LogP contribution in [0.1, 0.15) is 31.9 Å². The number of ether oxygens (including phenoxy) is 1. The first-order valence-electron chi connectivity index (χ1n) is 6.52. The van der Waals surface area contributed by atoms with Gasteiger partial charge in [0.15, 0.2) is 6.61 Å². The van der Waals surface area contributed by atoms with Crippen molar-refractivity contribution < 1.29 is 24.0 Å². The van der Waals surface area contributed by atoms with E-state index in [0.29, 0.717) is 18.7 Å². The smallest absolute Gasteiger partial charge is 0.303 e. The van der Waals surface area contributed by atoms with Crippen LogP contribution in [-0.2, 0) is 9.59 Å². The summed E-state index contributed by atoms with van der Waals surface area (Å²) in [5.41, 5.74) is 0. The zero-order valence-electron chi connectivity index (χ0n) is 11.7. The standard InChI is InChI=1S/C13H20N2O5/c1-9(3-4-13(17)18)5-6-14-11(16)8-19-12-7-10(2)20-15-12/h7,9H,3-6,8H2,1-2H3,(H,14,16)(H,17,18). The van der Waals surface area contributed by atoms with Crippen molar-refractivity contribution in [2.75, 3.05) is 13.2 Å². The number of nitrogens with one attached hydrogen (secondary N) is 1. The number of aryl methyl sites for hydroxylation is 1. The molecule has 0 saturated heterocycles. The van der Waals surface area contributed by atoms with Crippen molar-refractivity contribution in [1.29, 1.82) is 0 Å². The van der Waals surface area contributed by atoms with E-state index in [1.807, 2.05) is 6.92 Å². The van der Waals surface area contributed by atoms with Crippen LogP contribution in [-0.4, -0.2) is 35.3 Å². The molecule has 1 rings (SSSR count). The lowest BCUT2D eigenvalue weighted by Gasteiger charge is -2.10. The highest BCUT2D eigenvalue weighted by molar-refractivity contribution is 5.77. The van der Waals surface area contributed by atoms with Crippen molar-refractivity contribution in [2.24, 2.45) is 5.92 Å². The number of aromatic nitrogens is 1. The first-order chi connectivity index (χ1) is 9.47. The molecule has 0 saturated carbocycles. The van der Waals surface area contributed by atoms with Gasteiger partial charge in [0.05, 0.1) is 0 Å². The monoisotopic (exact) mass is 284 g/mol. The molecule has 0 aliphatic rings. The number of hydrogen-bond donors (Lipinski definition) is 2.